The van der Waals surface area contributed by atoms with E-state index in [0.29, 0.717) is 13.0 Å². The van der Waals surface area contributed by atoms with Gasteiger partial charge in [-0.2, -0.15) is 5.26 Å². The average molecular weight is 225 g/mol. The molecule has 4 nitrogen and oxygen atoms in total. The highest BCUT2D eigenvalue weighted by Crippen LogP contribution is 2.19. The maximum absolute atomic E-state index is 11.7. The third-order valence-electron chi connectivity index (χ3n) is 2.77. The van der Waals surface area contributed by atoms with E-state index in [1.165, 1.54) is 0 Å². The first-order chi connectivity index (χ1) is 7.46. The van der Waals surface area contributed by atoms with Gasteiger partial charge in [0.05, 0.1) is 6.07 Å². The highest BCUT2D eigenvalue weighted by atomic mass is 16.2. The molecule has 0 saturated heterocycles. The molecule has 0 aromatic heterocycles. The number of nitriles is 1. The van der Waals surface area contributed by atoms with E-state index < -0.39 is 5.41 Å². The van der Waals surface area contributed by atoms with Crippen LogP contribution in [0.15, 0.2) is 0 Å². The fraction of sp³-hybridized carbons (Fsp3) is 0.833. The maximum atomic E-state index is 11.7. The first-order valence-corrected chi connectivity index (χ1v) is 5.80. The molecular formula is C12H23N3O. The summed E-state index contributed by atoms with van der Waals surface area (Å²) >= 11 is 0. The largest absolute Gasteiger partial charge is 0.355 e. The Balaban J connectivity index is 3.78. The summed E-state index contributed by atoms with van der Waals surface area (Å²) in [5, 5.41) is 11.7. The third kappa shape index (κ3) is 5.13. The summed E-state index contributed by atoms with van der Waals surface area (Å²) < 4.78 is 0. The summed E-state index contributed by atoms with van der Waals surface area (Å²) in [7, 11) is 4.06. The van der Waals surface area contributed by atoms with Gasteiger partial charge >= 0.3 is 0 Å². The Hall–Kier alpha value is -1.08. The number of hydrogen-bond donors (Lipinski definition) is 1. The SMILES string of the molecule is CCC(C)(C#N)C(=O)NCCCCN(C)C. The number of unbranched alkanes of at least 4 members (excludes halogenated alkanes) is 1. The number of carbonyl (C=O) groups is 1. The molecule has 1 atom stereocenters. The van der Waals surface area contributed by atoms with Crippen molar-refractivity contribution in [1.29, 1.82) is 5.26 Å². The standard InChI is InChI=1S/C12H23N3O/c1-5-12(2,10-13)11(16)14-8-6-7-9-15(3)4/h5-9H2,1-4H3,(H,14,16). The van der Waals surface area contributed by atoms with Gasteiger partial charge in [0.25, 0.3) is 0 Å². The van der Waals surface area contributed by atoms with Crippen LogP contribution in [0.2, 0.25) is 0 Å². The lowest BCUT2D eigenvalue weighted by molar-refractivity contribution is -0.127. The zero-order chi connectivity index (χ0) is 12.6. The molecule has 0 aliphatic rings. The van der Waals surface area contributed by atoms with Gasteiger partial charge in [0.15, 0.2) is 0 Å². The summed E-state index contributed by atoms with van der Waals surface area (Å²) in [6, 6.07) is 2.07. The smallest absolute Gasteiger partial charge is 0.240 e. The van der Waals surface area contributed by atoms with Crippen molar-refractivity contribution < 1.29 is 4.79 Å². The van der Waals surface area contributed by atoms with E-state index in [2.05, 4.69) is 16.3 Å². The molecule has 0 fully saturated rings. The second kappa shape index (κ2) is 7.24. The van der Waals surface area contributed by atoms with Crippen LogP contribution >= 0.6 is 0 Å². The van der Waals surface area contributed by atoms with Crippen molar-refractivity contribution in [3.8, 4) is 6.07 Å². The van der Waals surface area contributed by atoms with Gasteiger partial charge in [-0.1, -0.05) is 6.92 Å². The number of amides is 1. The molecule has 0 spiro atoms. The van der Waals surface area contributed by atoms with Crippen LogP contribution in [0, 0.1) is 16.7 Å². The minimum atomic E-state index is -0.873. The lowest BCUT2D eigenvalue weighted by atomic mass is 9.88. The van der Waals surface area contributed by atoms with Gasteiger partial charge in [0, 0.05) is 6.54 Å². The minimum Gasteiger partial charge on any atom is -0.355 e. The monoisotopic (exact) mass is 225 g/mol. The molecule has 0 aromatic carbocycles. The van der Waals surface area contributed by atoms with E-state index >= 15 is 0 Å². The number of rotatable bonds is 7. The Bertz CT molecular complexity index is 257. The van der Waals surface area contributed by atoms with Gasteiger partial charge in [0.2, 0.25) is 5.91 Å². The van der Waals surface area contributed by atoms with E-state index in [-0.39, 0.29) is 5.91 Å². The van der Waals surface area contributed by atoms with Crippen LogP contribution in [0.3, 0.4) is 0 Å². The molecule has 16 heavy (non-hydrogen) atoms. The zero-order valence-electron chi connectivity index (χ0n) is 10.8. The molecule has 1 unspecified atom stereocenters. The Labute approximate surface area is 98.6 Å². The fourth-order valence-corrected chi connectivity index (χ4v) is 1.24. The van der Waals surface area contributed by atoms with Crippen molar-refractivity contribution in [2.45, 2.75) is 33.1 Å². The molecule has 0 radical (unpaired) electrons. The van der Waals surface area contributed by atoms with E-state index in [0.717, 1.165) is 19.4 Å². The molecule has 0 aliphatic carbocycles. The van der Waals surface area contributed by atoms with Crippen LogP contribution in [0.4, 0.5) is 0 Å². The Morgan fingerprint density at radius 1 is 1.44 bits per heavy atom. The zero-order valence-corrected chi connectivity index (χ0v) is 10.8. The predicted molar refractivity (Wildman–Crippen MR) is 64.8 cm³/mol. The van der Waals surface area contributed by atoms with E-state index in [9.17, 15) is 4.79 Å². The van der Waals surface area contributed by atoms with Crippen LogP contribution in [-0.4, -0.2) is 38.0 Å². The predicted octanol–water partition coefficient (Wildman–Crippen LogP) is 1.38. The van der Waals surface area contributed by atoms with Crippen LogP contribution in [-0.2, 0) is 4.79 Å². The summed E-state index contributed by atoms with van der Waals surface area (Å²) in [5.74, 6) is -0.151. The van der Waals surface area contributed by atoms with E-state index in [4.69, 9.17) is 5.26 Å². The molecule has 0 rings (SSSR count). The van der Waals surface area contributed by atoms with Gasteiger partial charge in [-0.25, -0.2) is 0 Å². The molecule has 1 N–H and O–H groups in total. The lowest BCUT2D eigenvalue weighted by Crippen LogP contribution is -2.38. The Morgan fingerprint density at radius 3 is 2.50 bits per heavy atom. The topological polar surface area (TPSA) is 56.1 Å². The van der Waals surface area contributed by atoms with E-state index in [1.807, 2.05) is 21.0 Å². The number of carbonyl (C=O) groups excluding carboxylic acids is 1. The van der Waals surface area contributed by atoms with Crippen molar-refractivity contribution in [2.75, 3.05) is 27.2 Å². The second-order valence-electron chi connectivity index (χ2n) is 4.56. The van der Waals surface area contributed by atoms with Crippen molar-refractivity contribution >= 4 is 5.91 Å². The van der Waals surface area contributed by atoms with Crippen molar-refractivity contribution in [1.82, 2.24) is 10.2 Å². The average Bonchev–Trinajstić information content (AvgIpc) is 2.26. The molecular weight excluding hydrogens is 202 g/mol. The highest BCUT2D eigenvalue weighted by molar-refractivity contribution is 5.84. The van der Waals surface area contributed by atoms with Crippen molar-refractivity contribution in [3.63, 3.8) is 0 Å². The molecule has 0 aromatic rings. The quantitative estimate of drug-likeness (QED) is 0.666. The molecule has 4 heteroatoms. The van der Waals surface area contributed by atoms with E-state index in [1.54, 1.807) is 6.92 Å². The molecule has 0 aliphatic heterocycles. The van der Waals surface area contributed by atoms with Crippen LogP contribution in [0.25, 0.3) is 0 Å². The third-order valence-corrected chi connectivity index (χ3v) is 2.77. The normalized spacial score (nSPS) is 14.2. The van der Waals surface area contributed by atoms with Crippen LogP contribution in [0.5, 0.6) is 0 Å². The van der Waals surface area contributed by atoms with Gasteiger partial charge in [-0.3, -0.25) is 4.79 Å². The Kier molecular flexibility index (Phi) is 6.75. The lowest BCUT2D eigenvalue weighted by Gasteiger charge is -2.18. The number of hydrogen-bond acceptors (Lipinski definition) is 3. The van der Waals surface area contributed by atoms with Crippen molar-refractivity contribution in [2.24, 2.45) is 5.41 Å². The summed E-state index contributed by atoms with van der Waals surface area (Å²) in [4.78, 5) is 13.8. The first kappa shape index (κ1) is 14.9. The highest BCUT2D eigenvalue weighted by Gasteiger charge is 2.30. The molecule has 0 saturated carbocycles. The number of nitrogens with zero attached hydrogens (tertiary/aromatic N) is 2. The van der Waals surface area contributed by atoms with Crippen LogP contribution < -0.4 is 5.32 Å². The fourth-order valence-electron chi connectivity index (χ4n) is 1.24. The first-order valence-electron chi connectivity index (χ1n) is 5.80. The minimum absolute atomic E-state index is 0.151. The summed E-state index contributed by atoms with van der Waals surface area (Å²) in [5.41, 5.74) is -0.873. The molecule has 1 amide bonds. The van der Waals surface area contributed by atoms with Gasteiger partial charge in [0.1, 0.15) is 5.41 Å². The Morgan fingerprint density at radius 2 is 2.06 bits per heavy atom. The van der Waals surface area contributed by atoms with Crippen LogP contribution in [0.1, 0.15) is 33.1 Å². The number of nitrogens with one attached hydrogen (secondary N) is 1. The summed E-state index contributed by atoms with van der Waals surface area (Å²) in [6.45, 7) is 5.22. The van der Waals surface area contributed by atoms with Gasteiger partial charge < -0.3 is 10.2 Å². The second-order valence-corrected chi connectivity index (χ2v) is 4.56. The molecule has 0 heterocycles. The van der Waals surface area contributed by atoms with Crippen molar-refractivity contribution in [3.05, 3.63) is 0 Å². The van der Waals surface area contributed by atoms with Gasteiger partial charge in [-0.05, 0) is 46.8 Å². The summed E-state index contributed by atoms with van der Waals surface area (Å²) in [6.07, 6.45) is 2.56. The molecule has 92 valence electrons. The molecule has 0 bridgehead atoms. The van der Waals surface area contributed by atoms with Gasteiger partial charge in [-0.15, -0.1) is 0 Å². The maximum Gasteiger partial charge on any atom is 0.240 e.